The van der Waals surface area contributed by atoms with Crippen molar-refractivity contribution in [2.75, 3.05) is 0 Å². The van der Waals surface area contributed by atoms with E-state index in [0.29, 0.717) is 16.3 Å². The first kappa shape index (κ1) is 16.3. The number of fused-ring (bicyclic) bond motifs is 3. The monoisotopic (exact) mass is 364 g/mol. The van der Waals surface area contributed by atoms with Crippen LogP contribution in [0, 0.1) is 0 Å². The number of carboxylic acid groups (broad SMARTS) is 1. The van der Waals surface area contributed by atoms with Crippen LogP contribution in [0.4, 0.5) is 0 Å². The van der Waals surface area contributed by atoms with Crippen molar-refractivity contribution in [1.29, 1.82) is 0 Å². The summed E-state index contributed by atoms with van der Waals surface area (Å²) in [6.07, 6.45) is 0. The van der Waals surface area contributed by atoms with E-state index in [0.717, 1.165) is 22.4 Å². The second kappa shape index (κ2) is 6.28. The fraction of sp³-hybridized carbons (Fsp3) is 0.0500. The molecule has 3 aromatic rings. The van der Waals surface area contributed by atoms with E-state index in [1.54, 1.807) is 12.1 Å². The maximum atomic E-state index is 12.2. The van der Waals surface area contributed by atoms with Gasteiger partial charge in [-0.3, -0.25) is 9.79 Å². The van der Waals surface area contributed by atoms with Gasteiger partial charge in [0.15, 0.2) is 0 Å². The number of aromatic amines is 1. The fourth-order valence-corrected chi connectivity index (χ4v) is 3.29. The second-order valence-electron chi connectivity index (χ2n) is 5.94. The number of rotatable bonds is 2. The molecule has 4 rings (SSSR count). The first-order valence-electron chi connectivity index (χ1n) is 7.94. The first-order valence-corrected chi connectivity index (χ1v) is 8.32. The second-order valence-corrected chi connectivity index (χ2v) is 6.37. The Morgan fingerprint density at radius 2 is 1.85 bits per heavy atom. The highest BCUT2D eigenvalue weighted by Gasteiger charge is 2.22. The summed E-state index contributed by atoms with van der Waals surface area (Å²) in [7, 11) is 0. The van der Waals surface area contributed by atoms with Gasteiger partial charge in [0.25, 0.3) is 5.56 Å². The third kappa shape index (κ3) is 2.72. The van der Waals surface area contributed by atoms with Crippen LogP contribution in [0.1, 0.15) is 27.0 Å². The average molecular weight is 365 g/mol. The van der Waals surface area contributed by atoms with Crippen LogP contribution in [0.15, 0.2) is 64.4 Å². The number of benzene rings is 2. The summed E-state index contributed by atoms with van der Waals surface area (Å²) >= 11 is 6.20. The number of nitrogens with zero attached hydrogens (tertiary/aromatic N) is 1. The lowest BCUT2D eigenvalue weighted by Gasteiger charge is -2.12. The summed E-state index contributed by atoms with van der Waals surface area (Å²) in [6, 6.07) is 16.4. The largest absolute Gasteiger partial charge is 0.477 e. The molecule has 0 radical (unpaired) electrons. The van der Waals surface area contributed by atoms with Crippen LogP contribution in [0.25, 0.3) is 11.3 Å². The number of aromatic nitrogens is 1. The number of aromatic carboxylic acids is 1. The van der Waals surface area contributed by atoms with Gasteiger partial charge in [-0.05, 0) is 23.8 Å². The zero-order valence-corrected chi connectivity index (χ0v) is 14.2. The molecule has 0 saturated heterocycles. The lowest BCUT2D eigenvalue weighted by Crippen LogP contribution is -2.19. The van der Waals surface area contributed by atoms with E-state index < -0.39 is 11.5 Å². The third-order valence-corrected chi connectivity index (χ3v) is 4.55. The van der Waals surface area contributed by atoms with Gasteiger partial charge in [0.2, 0.25) is 0 Å². The maximum absolute atomic E-state index is 12.2. The molecule has 0 bridgehead atoms. The number of carbonyl (C=O) groups is 1. The highest BCUT2D eigenvalue weighted by molar-refractivity contribution is 6.31. The summed E-state index contributed by atoms with van der Waals surface area (Å²) in [5.41, 5.74) is 3.51. The molecule has 2 heterocycles. The van der Waals surface area contributed by atoms with E-state index in [4.69, 9.17) is 16.6 Å². The predicted molar refractivity (Wildman–Crippen MR) is 100 cm³/mol. The Kier molecular flexibility index (Phi) is 3.93. The molecule has 26 heavy (non-hydrogen) atoms. The van der Waals surface area contributed by atoms with E-state index in [-0.39, 0.29) is 12.1 Å². The van der Waals surface area contributed by atoms with E-state index >= 15 is 0 Å². The number of aliphatic imine (C=N–C) groups is 1. The minimum absolute atomic E-state index is 0.253. The van der Waals surface area contributed by atoms with Crippen molar-refractivity contribution in [3.63, 3.8) is 0 Å². The fourth-order valence-electron chi connectivity index (χ4n) is 3.12. The van der Waals surface area contributed by atoms with Crippen LogP contribution in [-0.2, 0) is 6.54 Å². The zero-order chi connectivity index (χ0) is 18.3. The minimum Gasteiger partial charge on any atom is -0.477 e. The normalized spacial score (nSPS) is 12.6. The first-order chi connectivity index (χ1) is 12.5. The standard InChI is InChI=1S/C20H13ClN2O3/c21-13-6-7-14-15(9-13)17(11-4-2-1-3-5-11)22-10-12-8-16(20(25)26)19(24)23-18(12)14/h1-9H,10H2,(H,23,24)(H,25,26). The number of halogens is 1. The van der Waals surface area contributed by atoms with Gasteiger partial charge >= 0.3 is 5.97 Å². The van der Waals surface area contributed by atoms with Crippen molar-refractivity contribution >= 4 is 23.3 Å². The molecule has 2 N–H and O–H groups in total. The molecule has 0 spiro atoms. The van der Waals surface area contributed by atoms with Crippen LogP contribution < -0.4 is 5.56 Å². The highest BCUT2D eigenvalue weighted by atomic mass is 35.5. The number of hydrogen-bond acceptors (Lipinski definition) is 3. The molecule has 1 aromatic heterocycles. The topological polar surface area (TPSA) is 82.5 Å². The number of nitrogens with one attached hydrogen (secondary N) is 1. The summed E-state index contributed by atoms with van der Waals surface area (Å²) < 4.78 is 0. The molecule has 5 nitrogen and oxygen atoms in total. The van der Waals surface area contributed by atoms with Crippen molar-refractivity contribution in [2.24, 2.45) is 4.99 Å². The minimum atomic E-state index is -1.26. The zero-order valence-electron chi connectivity index (χ0n) is 13.5. The summed E-state index contributed by atoms with van der Waals surface area (Å²) in [4.78, 5) is 30.9. The van der Waals surface area contributed by atoms with Crippen molar-refractivity contribution in [3.05, 3.63) is 92.2 Å². The molecule has 0 unspecified atom stereocenters. The molecule has 0 fully saturated rings. The van der Waals surface area contributed by atoms with Gasteiger partial charge in [-0.1, -0.05) is 48.0 Å². The van der Waals surface area contributed by atoms with Gasteiger partial charge in [-0.2, -0.15) is 0 Å². The molecule has 0 saturated carbocycles. The molecule has 0 atom stereocenters. The Morgan fingerprint density at radius 1 is 1.08 bits per heavy atom. The van der Waals surface area contributed by atoms with Crippen LogP contribution in [0.2, 0.25) is 5.02 Å². The molecule has 2 aromatic carbocycles. The van der Waals surface area contributed by atoms with Crippen molar-refractivity contribution in [2.45, 2.75) is 6.54 Å². The van der Waals surface area contributed by atoms with Gasteiger partial charge in [-0.25, -0.2) is 4.79 Å². The van der Waals surface area contributed by atoms with E-state index in [1.165, 1.54) is 6.07 Å². The molecule has 0 aliphatic carbocycles. The van der Waals surface area contributed by atoms with Crippen LogP contribution in [0.5, 0.6) is 0 Å². The van der Waals surface area contributed by atoms with Gasteiger partial charge < -0.3 is 10.1 Å². The third-order valence-electron chi connectivity index (χ3n) is 4.31. The Labute approximate surface area is 153 Å². The number of H-pyrrole nitrogens is 1. The van der Waals surface area contributed by atoms with Crippen molar-refractivity contribution in [1.82, 2.24) is 4.98 Å². The molecule has 6 heteroatoms. The van der Waals surface area contributed by atoms with E-state index in [2.05, 4.69) is 4.98 Å². The Hall–Kier alpha value is -3.18. The number of hydrogen-bond donors (Lipinski definition) is 2. The maximum Gasteiger partial charge on any atom is 0.341 e. The molecular formula is C20H13ClN2O3. The summed E-state index contributed by atoms with van der Waals surface area (Å²) in [6.45, 7) is 0.253. The summed E-state index contributed by atoms with van der Waals surface area (Å²) in [5, 5.41) is 9.78. The quantitative estimate of drug-likeness (QED) is 0.726. The lowest BCUT2D eigenvalue weighted by molar-refractivity contribution is 0.0695. The number of pyridine rings is 1. The van der Waals surface area contributed by atoms with Crippen LogP contribution in [-0.4, -0.2) is 21.8 Å². The van der Waals surface area contributed by atoms with Gasteiger partial charge in [0.1, 0.15) is 5.56 Å². The molecule has 1 aliphatic heterocycles. The molecule has 128 valence electrons. The summed E-state index contributed by atoms with van der Waals surface area (Å²) in [5.74, 6) is -1.26. The van der Waals surface area contributed by atoms with Crippen LogP contribution >= 0.6 is 11.6 Å². The average Bonchev–Trinajstić information content (AvgIpc) is 2.78. The van der Waals surface area contributed by atoms with Gasteiger partial charge in [0.05, 0.1) is 18.0 Å². The molecule has 0 amide bonds. The smallest absolute Gasteiger partial charge is 0.341 e. The predicted octanol–water partition coefficient (Wildman–Crippen LogP) is 3.74. The Bertz CT molecular complexity index is 1120. The Balaban J connectivity index is 2.01. The molecule has 1 aliphatic rings. The van der Waals surface area contributed by atoms with E-state index in [9.17, 15) is 14.7 Å². The van der Waals surface area contributed by atoms with Crippen LogP contribution in [0.3, 0.4) is 0 Å². The molecular weight excluding hydrogens is 352 g/mol. The lowest BCUT2D eigenvalue weighted by atomic mass is 9.95. The van der Waals surface area contributed by atoms with Gasteiger partial charge in [0, 0.05) is 21.7 Å². The number of carboxylic acids is 1. The highest BCUT2D eigenvalue weighted by Crippen LogP contribution is 2.32. The Morgan fingerprint density at radius 3 is 2.58 bits per heavy atom. The SMILES string of the molecule is O=C(O)c1cc2c([nH]c1=O)-c1ccc(Cl)cc1C(c1ccccc1)=NC2. The van der Waals surface area contributed by atoms with Crippen molar-refractivity contribution in [3.8, 4) is 11.3 Å². The van der Waals surface area contributed by atoms with E-state index in [1.807, 2.05) is 36.4 Å². The van der Waals surface area contributed by atoms with Gasteiger partial charge in [-0.15, -0.1) is 0 Å². The van der Waals surface area contributed by atoms with Crippen molar-refractivity contribution < 1.29 is 9.90 Å².